The van der Waals surface area contributed by atoms with E-state index < -0.39 is 0 Å². The van der Waals surface area contributed by atoms with Crippen LogP contribution in [0.2, 0.25) is 0 Å². The Hall–Kier alpha value is -1.95. The van der Waals surface area contributed by atoms with Gasteiger partial charge in [0.15, 0.2) is 0 Å². The number of carbonyl (C=O) groups is 2. The zero-order chi connectivity index (χ0) is 17.1. The van der Waals surface area contributed by atoms with E-state index >= 15 is 0 Å². The van der Waals surface area contributed by atoms with E-state index in [1.807, 2.05) is 11.8 Å². The standard InChI is InChI=1S/C18H25N3O3/c1-12-11-20-6-2-14(12)18(23)21-7-3-13(4-8-21)10-16-15(17(19)22)5-9-24-16/h2,6,11,13,15-16H,3-5,7-10H2,1H3,(H2,19,22)/t15-,16-/m1/s1. The van der Waals surface area contributed by atoms with Crippen LogP contribution in [0, 0.1) is 18.8 Å². The summed E-state index contributed by atoms with van der Waals surface area (Å²) in [5.41, 5.74) is 7.10. The van der Waals surface area contributed by atoms with Gasteiger partial charge in [-0.1, -0.05) is 0 Å². The molecule has 6 nitrogen and oxygen atoms in total. The van der Waals surface area contributed by atoms with E-state index in [4.69, 9.17) is 10.5 Å². The van der Waals surface area contributed by atoms with Gasteiger partial charge in [-0.2, -0.15) is 0 Å². The highest BCUT2D eigenvalue weighted by Crippen LogP contribution is 2.31. The predicted octanol–water partition coefficient (Wildman–Crippen LogP) is 1.52. The van der Waals surface area contributed by atoms with Crippen molar-refractivity contribution in [1.29, 1.82) is 0 Å². The molecule has 130 valence electrons. The van der Waals surface area contributed by atoms with Gasteiger partial charge in [0.25, 0.3) is 5.91 Å². The van der Waals surface area contributed by atoms with Gasteiger partial charge >= 0.3 is 0 Å². The minimum Gasteiger partial charge on any atom is -0.377 e. The third-order valence-electron chi connectivity index (χ3n) is 5.29. The number of primary amides is 1. The molecule has 1 aromatic rings. The molecule has 2 atom stereocenters. The second kappa shape index (κ2) is 7.30. The number of nitrogens with zero attached hydrogens (tertiary/aromatic N) is 2. The van der Waals surface area contributed by atoms with Crippen LogP contribution in [0.1, 0.15) is 41.6 Å². The average Bonchev–Trinajstić information content (AvgIpc) is 3.04. The van der Waals surface area contributed by atoms with Gasteiger partial charge in [0.2, 0.25) is 5.91 Å². The summed E-state index contributed by atoms with van der Waals surface area (Å²) in [6.07, 6.45) is 6.83. The first-order valence-corrected chi connectivity index (χ1v) is 8.67. The van der Waals surface area contributed by atoms with Crippen LogP contribution in [0.5, 0.6) is 0 Å². The van der Waals surface area contributed by atoms with Gasteiger partial charge in [-0.05, 0) is 50.2 Å². The minimum atomic E-state index is -0.252. The minimum absolute atomic E-state index is 0.0443. The van der Waals surface area contributed by atoms with E-state index in [1.54, 1.807) is 18.5 Å². The largest absolute Gasteiger partial charge is 0.377 e. The highest BCUT2D eigenvalue weighted by molar-refractivity contribution is 5.95. The topological polar surface area (TPSA) is 85.5 Å². The van der Waals surface area contributed by atoms with E-state index in [1.165, 1.54) is 0 Å². The summed E-state index contributed by atoms with van der Waals surface area (Å²) < 4.78 is 5.70. The highest BCUT2D eigenvalue weighted by Gasteiger charge is 2.35. The Labute approximate surface area is 142 Å². The maximum Gasteiger partial charge on any atom is 0.254 e. The Kier molecular flexibility index (Phi) is 5.14. The first-order valence-electron chi connectivity index (χ1n) is 8.67. The van der Waals surface area contributed by atoms with Crippen molar-refractivity contribution >= 4 is 11.8 Å². The molecule has 0 bridgehead atoms. The van der Waals surface area contributed by atoms with Crippen molar-refractivity contribution in [1.82, 2.24) is 9.88 Å². The van der Waals surface area contributed by atoms with Crippen molar-refractivity contribution in [2.75, 3.05) is 19.7 Å². The Morgan fingerprint density at radius 2 is 2.08 bits per heavy atom. The van der Waals surface area contributed by atoms with Gasteiger partial charge in [-0.3, -0.25) is 14.6 Å². The summed E-state index contributed by atoms with van der Waals surface area (Å²) >= 11 is 0. The molecule has 2 aliphatic heterocycles. The zero-order valence-electron chi connectivity index (χ0n) is 14.1. The lowest BCUT2D eigenvalue weighted by atomic mass is 9.86. The van der Waals surface area contributed by atoms with Crippen molar-refractivity contribution in [2.24, 2.45) is 17.6 Å². The van der Waals surface area contributed by atoms with Crippen LogP contribution >= 0.6 is 0 Å². The van der Waals surface area contributed by atoms with Crippen molar-refractivity contribution in [3.8, 4) is 0 Å². The van der Waals surface area contributed by atoms with Crippen LogP contribution in [0.3, 0.4) is 0 Å². The number of pyridine rings is 1. The van der Waals surface area contributed by atoms with Gasteiger partial charge in [-0.15, -0.1) is 0 Å². The number of amides is 2. The second-order valence-corrected chi connectivity index (χ2v) is 6.87. The molecule has 2 aliphatic rings. The fourth-order valence-corrected chi connectivity index (χ4v) is 3.79. The van der Waals surface area contributed by atoms with Crippen LogP contribution in [-0.4, -0.2) is 47.5 Å². The molecule has 0 unspecified atom stereocenters. The number of aromatic nitrogens is 1. The average molecular weight is 331 g/mol. The number of rotatable bonds is 4. The van der Waals surface area contributed by atoms with Crippen molar-refractivity contribution < 1.29 is 14.3 Å². The molecule has 2 saturated heterocycles. The lowest BCUT2D eigenvalue weighted by molar-refractivity contribution is -0.123. The summed E-state index contributed by atoms with van der Waals surface area (Å²) in [6, 6.07) is 1.79. The SMILES string of the molecule is Cc1cnccc1C(=O)N1CCC(C[C@H]2OCC[C@H]2C(N)=O)CC1. The number of aryl methyl sites for hydroxylation is 1. The third-order valence-corrected chi connectivity index (χ3v) is 5.29. The molecule has 0 radical (unpaired) electrons. The van der Waals surface area contributed by atoms with Crippen LogP contribution in [0.15, 0.2) is 18.5 Å². The Balaban J connectivity index is 1.53. The number of hydrogen-bond donors (Lipinski definition) is 1. The van der Waals surface area contributed by atoms with E-state index in [0.717, 1.165) is 49.9 Å². The maximum atomic E-state index is 12.6. The molecule has 3 rings (SSSR count). The Morgan fingerprint density at radius 1 is 1.33 bits per heavy atom. The summed E-state index contributed by atoms with van der Waals surface area (Å²) in [7, 11) is 0. The molecular weight excluding hydrogens is 306 g/mol. The van der Waals surface area contributed by atoms with Gasteiger partial charge in [0.05, 0.1) is 12.0 Å². The van der Waals surface area contributed by atoms with Gasteiger partial charge in [-0.25, -0.2) is 0 Å². The lowest BCUT2D eigenvalue weighted by Gasteiger charge is -2.33. The molecule has 0 aromatic carbocycles. The van der Waals surface area contributed by atoms with E-state index in [-0.39, 0.29) is 23.8 Å². The fraction of sp³-hybridized carbons (Fsp3) is 0.611. The lowest BCUT2D eigenvalue weighted by Crippen LogP contribution is -2.40. The molecule has 1 aromatic heterocycles. The Bertz CT molecular complexity index is 611. The summed E-state index contributed by atoms with van der Waals surface area (Å²) in [5, 5.41) is 0. The molecule has 2 amide bonds. The molecule has 6 heteroatoms. The maximum absolute atomic E-state index is 12.6. The molecule has 0 aliphatic carbocycles. The molecule has 0 saturated carbocycles. The number of piperidine rings is 1. The number of hydrogen-bond acceptors (Lipinski definition) is 4. The first kappa shape index (κ1) is 16.9. The van der Waals surface area contributed by atoms with Crippen LogP contribution < -0.4 is 5.73 Å². The van der Waals surface area contributed by atoms with E-state index in [9.17, 15) is 9.59 Å². The summed E-state index contributed by atoms with van der Waals surface area (Å²) in [5.74, 6) is 0.167. The number of likely N-dealkylation sites (tertiary alicyclic amines) is 1. The van der Waals surface area contributed by atoms with E-state index in [2.05, 4.69) is 4.98 Å². The second-order valence-electron chi connectivity index (χ2n) is 6.87. The molecular formula is C18H25N3O3. The predicted molar refractivity (Wildman–Crippen MR) is 89.3 cm³/mol. The monoisotopic (exact) mass is 331 g/mol. The smallest absolute Gasteiger partial charge is 0.254 e. The van der Waals surface area contributed by atoms with Crippen LogP contribution in [-0.2, 0) is 9.53 Å². The highest BCUT2D eigenvalue weighted by atomic mass is 16.5. The number of nitrogens with two attached hydrogens (primary N) is 1. The molecule has 2 N–H and O–H groups in total. The van der Waals surface area contributed by atoms with E-state index in [0.29, 0.717) is 12.5 Å². The van der Waals surface area contributed by atoms with Gasteiger partial charge < -0.3 is 15.4 Å². The normalized spacial score (nSPS) is 25.0. The molecule has 3 heterocycles. The van der Waals surface area contributed by atoms with Crippen LogP contribution in [0.25, 0.3) is 0 Å². The van der Waals surface area contributed by atoms with Gasteiger partial charge in [0, 0.05) is 37.7 Å². The first-order chi connectivity index (χ1) is 11.6. The number of ether oxygens (including phenoxy) is 1. The van der Waals surface area contributed by atoms with Gasteiger partial charge in [0.1, 0.15) is 0 Å². The number of carbonyl (C=O) groups excluding carboxylic acids is 2. The summed E-state index contributed by atoms with van der Waals surface area (Å²) in [4.78, 5) is 30.1. The van der Waals surface area contributed by atoms with Crippen molar-refractivity contribution in [2.45, 2.75) is 38.7 Å². The quantitative estimate of drug-likeness (QED) is 0.906. The third kappa shape index (κ3) is 3.59. The van der Waals surface area contributed by atoms with Crippen LogP contribution in [0.4, 0.5) is 0 Å². The summed E-state index contributed by atoms with van der Waals surface area (Å²) in [6.45, 7) is 4.03. The van der Waals surface area contributed by atoms with Crippen molar-refractivity contribution in [3.63, 3.8) is 0 Å². The van der Waals surface area contributed by atoms with Crippen molar-refractivity contribution in [3.05, 3.63) is 29.6 Å². The molecule has 0 spiro atoms. The zero-order valence-corrected chi connectivity index (χ0v) is 14.1. The molecule has 24 heavy (non-hydrogen) atoms. The Morgan fingerprint density at radius 3 is 2.75 bits per heavy atom. The molecule has 2 fully saturated rings. The fourth-order valence-electron chi connectivity index (χ4n) is 3.79.